The van der Waals surface area contributed by atoms with Gasteiger partial charge in [-0.05, 0) is 60.4 Å². The lowest BCUT2D eigenvalue weighted by Gasteiger charge is -2.36. The van der Waals surface area contributed by atoms with Crippen molar-refractivity contribution in [3.63, 3.8) is 0 Å². The summed E-state index contributed by atoms with van der Waals surface area (Å²) in [5.41, 5.74) is -1.26. The van der Waals surface area contributed by atoms with Crippen LogP contribution >= 0.6 is 0 Å². The van der Waals surface area contributed by atoms with E-state index < -0.39 is 11.1 Å². The second-order valence-electron chi connectivity index (χ2n) is 9.13. The van der Waals surface area contributed by atoms with E-state index in [4.69, 9.17) is 0 Å². The summed E-state index contributed by atoms with van der Waals surface area (Å²) >= 11 is 0. The van der Waals surface area contributed by atoms with Gasteiger partial charge in [-0.15, -0.1) is 0 Å². The Bertz CT molecular complexity index is 530. The normalized spacial score (nSPS) is 31.1. The van der Waals surface area contributed by atoms with Crippen molar-refractivity contribution in [1.29, 1.82) is 0 Å². The van der Waals surface area contributed by atoms with Gasteiger partial charge in [0.1, 0.15) is 0 Å². The van der Waals surface area contributed by atoms with Crippen molar-refractivity contribution in [3.8, 4) is 0 Å². The first-order valence-corrected chi connectivity index (χ1v) is 10.4. The number of carbonyl (C=O) groups is 2. The summed E-state index contributed by atoms with van der Waals surface area (Å²) in [6.07, 6.45) is 7.82. The Morgan fingerprint density at radius 3 is 2.44 bits per heavy atom. The number of likely N-dealkylation sites (N-methyl/N-ethyl adjacent to an activating group) is 1. The highest BCUT2D eigenvalue weighted by molar-refractivity contribution is 5.93. The van der Waals surface area contributed by atoms with Crippen molar-refractivity contribution in [1.82, 2.24) is 15.5 Å². The molecular formula is C22H41N3O2. The van der Waals surface area contributed by atoms with Gasteiger partial charge in [0.05, 0.1) is 17.6 Å². The van der Waals surface area contributed by atoms with Gasteiger partial charge in [-0.25, -0.2) is 0 Å². The number of carbonyl (C=O) groups excluding carboxylic acids is 2. The molecule has 1 aliphatic rings. The molecule has 0 aliphatic carbocycles. The van der Waals surface area contributed by atoms with Crippen LogP contribution in [0.4, 0.5) is 0 Å². The molecule has 1 rings (SSSR count). The van der Waals surface area contributed by atoms with Gasteiger partial charge in [-0.2, -0.15) is 0 Å². The monoisotopic (exact) mass is 379 g/mol. The van der Waals surface area contributed by atoms with E-state index in [0.29, 0.717) is 6.42 Å². The zero-order valence-electron chi connectivity index (χ0n) is 18.5. The lowest BCUT2D eigenvalue weighted by Crippen LogP contribution is -2.59. The molecule has 5 nitrogen and oxygen atoms in total. The Morgan fingerprint density at radius 1 is 1.19 bits per heavy atom. The second kappa shape index (κ2) is 10.5. The first kappa shape index (κ1) is 24.0. The molecule has 0 aromatic rings. The lowest BCUT2D eigenvalue weighted by atomic mass is 9.84. The molecule has 0 unspecified atom stereocenters. The molecule has 0 amide bonds. The molecule has 0 spiro atoms. The van der Waals surface area contributed by atoms with Crippen LogP contribution in [-0.2, 0) is 9.59 Å². The Labute approximate surface area is 166 Å². The second-order valence-corrected chi connectivity index (χ2v) is 9.13. The molecule has 0 radical (unpaired) electrons. The summed E-state index contributed by atoms with van der Waals surface area (Å²) in [6, 6.07) is 0.228. The number of nitrogens with one attached hydrogen (secondary N) is 2. The van der Waals surface area contributed by atoms with Gasteiger partial charge in [-0.3, -0.25) is 14.9 Å². The maximum Gasteiger partial charge on any atom is 0.166 e. The predicted molar refractivity (Wildman–Crippen MR) is 113 cm³/mol. The Morgan fingerprint density at radius 2 is 1.85 bits per heavy atom. The first-order chi connectivity index (χ1) is 12.5. The SMILES string of the molecule is CC(C)N[C@]1(C)CCC/C=C/CN(C)CC[C@](C)(C(=O)C(C)C)NCC1=O. The maximum absolute atomic E-state index is 13.1. The van der Waals surface area contributed by atoms with E-state index in [9.17, 15) is 9.59 Å². The molecule has 2 N–H and O–H groups in total. The van der Waals surface area contributed by atoms with E-state index >= 15 is 0 Å². The van der Waals surface area contributed by atoms with E-state index in [1.165, 1.54) is 0 Å². The fourth-order valence-corrected chi connectivity index (χ4v) is 3.79. The van der Waals surface area contributed by atoms with Crippen LogP contribution in [0.5, 0.6) is 0 Å². The molecule has 156 valence electrons. The molecule has 0 fully saturated rings. The quantitative estimate of drug-likeness (QED) is 0.736. The summed E-state index contributed by atoms with van der Waals surface area (Å²) in [7, 11) is 2.07. The zero-order chi connectivity index (χ0) is 20.7. The summed E-state index contributed by atoms with van der Waals surface area (Å²) in [5, 5.41) is 6.81. The average Bonchev–Trinajstić information content (AvgIpc) is 2.58. The largest absolute Gasteiger partial charge is 0.303 e. The molecule has 0 aromatic carbocycles. The van der Waals surface area contributed by atoms with Crippen LogP contribution in [-0.4, -0.2) is 60.3 Å². The molecule has 2 atom stereocenters. The van der Waals surface area contributed by atoms with Gasteiger partial charge in [0, 0.05) is 25.0 Å². The average molecular weight is 380 g/mol. The predicted octanol–water partition coefficient (Wildman–Crippen LogP) is 2.95. The van der Waals surface area contributed by atoms with E-state index in [0.717, 1.165) is 32.4 Å². The highest BCUT2D eigenvalue weighted by atomic mass is 16.1. The van der Waals surface area contributed by atoms with E-state index in [1.807, 2.05) is 27.7 Å². The summed E-state index contributed by atoms with van der Waals surface area (Å²) < 4.78 is 0. The van der Waals surface area contributed by atoms with Crippen LogP contribution in [0.25, 0.3) is 0 Å². The third-order valence-corrected chi connectivity index (χ3v) is 5.55. The lowest BCUT2D eigenvalue weighted by molar-refractivity contribution is -0.129. The molecule has 0 aromatic heterocycles. The van der Waals surface area contributed by atoms with Gasteiger partial charge in [-0.1, -0.05) is 26.0 Å². The molecular weight excluding hydrogens is 338 g/mol. The minimum Gasteiger partial charge on any atom is -0.303 e. The molecule has 27 heavy (non-hydrogen) atoms. The Balaban J connectivity index is 3.08. The number of hydrogen-bond acceptors (Lipinski definition) is 5. The number of hydrogen-bond donors (Lipinski definition) is 2. The minimum atomic E-state index is -0.690. The number of nitrogens with zero attached hydrogens (tertiary/aromatic N) is 1. The van der Waals surface area contributed by atoms with Gasteiger partial charge in [0.15, 0.2) is 11.6 Å². The number of ketones is 2. The van der Waals surface area contributed by atoms with Crippen LogP contribution < -0.4 is 10.6 Å². The molecule has 1 aliphatic heterocycles. The fourth-order valence-electron chi connectivity index (χ4n) is 3.79. The maximum atomic E-state index is 13.1. The van der Waals surface area contributed by atoms with Crippen molar-refractivity contribution in [2.45, 2.75) is 84.3 Å². The van der Waals surface area contributed by atoms with E-state index in [1.54, 1.807) is 0 Å². The molecule has 0 bridgehead atoms. The van der Waals surface area contributed by atoms with E-state index in [-0.39, 0.29) is 30.1 Å². The zero-order valence-corrected chi connectivity index (χ0v) is 18.5. The van der Waals surface area contributed by atoms with Crippen molar-refractivity contribution in [2.24, 2.45) is 5.92 Å². The van der Waals surface area contributed by atoms with Crippen molar-refractivity contribution in [3.05, 3.63) is 12.2 Å². The van der Waals surface area contributed by atoms with Crippen LogP contribution in [0.3, 0.4) is 0 Å². The van der Waals surface area contributed by atoms with Crippen molar-refractivity contribution >= 4 is 11.6 Å². The van der Waals surface area contributed by atoms with Crippen molar-refractivity contribution < 1.29 is 9.59 Å². The van der Waals surface area contributed by atoms with E-state index in [2.05, 4.69) is 48.6 Å². The van der Waals surface area contributed by atoms with Crippen LogP contribution in [0.15, 0.2) is 12.2 Å². The first-order valence-electron chi connectivity index (χ1n) is 10.4. The summed E-state index contributed by atoms with van der Waals surface area (Å²) in [4.78, 5) is 28.2. The van der Waals surface area contributed by atoms with Crippen molar-refractivity contribution in [2.75, 3.05) is 26.7 Å². The topological polar surface area (TPSA) is 61.4 Å². The van der Waals surface area contributed by atoms with Gasteiger partial charge in [0.2, 0.25) is 0 Å². The van der Waals surface area contributed by atoms with Gasteiger partial charge in [0.25, 0.3) is 0 Å². The number of allylic oxidation sites excluding steroid dienone is 1. The number of Topliss-reactive ketones (excluding diaryl/α,β-unsaturated/α-hetero) is 2. The molecule has 0 saturated heterocycles. The molecule has 0 saturated carbocycles. The molecule has 1 heterocycles. The third-order valence-electron chi connectivity index (χ3n) is 5.55. The minimum absolute atomic E-state index is 0.0677. The standard InChI is InChI=1S/C22H41N3O2/c1-17(2)20(27)22(6)13-15-25(7)14-11-9-8-10-12-21(5,24-18(3)4)19(26)16-23-22/h9,11,17-18,23-24H,8,10,12-16H2,1-7H3/b11-9+/t21-,22-/m1/s1. The fraction of sp³-hybridized carbons (Fsp3) is 0.818. The Hall–Kier alpha value is -1.04. The van der Waals surface area contributed by atoms with Crippen LogP contribution in [0, 0.1) is 5.92 Å². The molecule has 5 heteroatoms. The van der Waals surface area contributed by atoms with Gasteiger partial charge < -0.3 is 10.2 Å². The van der Waals surface area contributed by atoms with Crippen LogP contribution in [0.1, 0.15) is 67.2 Å². The third kappa shape index (κ3) is 7.47. The smallest absolute Gasteiger partial charge is 0.166 e. The highest BCUT2D eigenvalue weighted by Gasteiger charge is 2.38. The summed E-state index contributed by atoms with van der Waals surface area (Å²) in [5.74, 6) is 0.236. The number of rotatable bonds is 4. The highest BCUT2D eigenvalue weighted by Crippen LogP contribution is 2.21. The summed E-state index contributed by atoms with van der Waals surface area (Å²) in [6.45, 7) is 13.9. The Kier molecular flexibility index (Phi) is 9.32. The van der Waals surface area contributed by atoms with Crippen LogP contribution in [0.2, 0.25) is 0 Å². The van der Waals surface area contributed by atoms with Gasteiger partial charge >= 0.3 is 0 Å².